The lowest BCUT2D eigenvalue weighted by molar-refractivity contribution is 0.104. The maximum atomic E-state index is 12.7. The number of rotatable bonds is 6. The Labute approximate surface area is 156 Å². The van der Waals surface area contributed by atoms with Crippen LogP contribution in [0, 0.1) is 0 Å². The van der Waals surface area contributed by atoms with E-state index in [0.717, 1.165) is 5.69 Å². The zero-order valence-corrected chi connectivity index (χ0v) is 15.8. The zero-order chi connectivity index (χ0) is 18.7. The van der Waals surface area contributed by atoms with Gasteiger partial charge in [-0.3, -0.25) is 4.79 Å². The number of carbonyl (C=O) groups excluding carboxylic acids is 1. The summed E-state index contributed by atoms with van der Waals surface area (Å²) in [6.07, 6.45) is 0. The molecule has 3 N–H and O–H groups in total. The highest BCUT2D eigenvalue weighted by Crippen LogP contribution is 2.30. The van der Waals surface area contributed by atoms with Crippen molar-refractivity contribution in [2.45, 2.75) is 19.8 Å². The summed E-state index contributed by atoms with van der Waals surface area (Å²) >= 11 is 1.24. The number of ketones is 1. The summed E-state index contributed by atoms with van der Waals surface area (Å²) in [7, 11) is 1.57. The Balaban J connectivity index is 1.81. The number of methoxy groups -OCH3 is 1. The first-order valence-electron chi connectivity index (χ1n) is 8.30. The summed E-state index contributed by atoms with van der Waals surface area (Å²) in [6, 6.07) is 15.1. The molecule has 6 heteroatoms. The molecule has 0 bridgehead atoms. The van der Waals surface area contributed by atoms with Crippen molar-refractivity contribution in [2.75, 3.05) is 18.2 Å². The van der Waals surface area contributed by atoms with Crippen molar-refractivity contribution in [3.05, 3.63) is 64.5 Å². The summed E-state index contributed by atoms with van der Waals surface area (Å²) in [5.74, 6) is 1.17. The van der Waals surface area contributed by atoms with Crippen LogP contribution in [0.5, 0.6) is 5.75 Å². The van der Waals surface area contributed by atoms with Crippen molar-refractivity contribution in [3.8, 4) is 5.75 Å². The third-order valence-electron chi connectivity index (χ3n) is 4.02. The molecule has 1 heterocycles. The number of benzene rings is 2. The van der Waals surface area contributed by atoms with E-state index in [1.165, 1.54) is 16.9 Å². The van der Waals surface area contributed by atoms with Crippen molar-refractivity contribution >= 4 is 33.8 Å². The average molecular weight is 367 g/mol. The van der Waals surface area contributed by atoms with Gasteiger partial charge in [-0.2, -0.15) is 0 Å². The van der Waals surface area contributed by atoms with Crippen molar-refractivity contribution in [2.24, 2.45) is 0 Å². The molecule has 0 amide bonds. The minimum absolute atomic E-state index is 0.165. The normalized spacial score (nSPS) is 10.8. The van der Waals surface area contributed by atoms with E-state index in [4.69, 9.17) is 10.5 Å². The molecule has 5 nitrogen and oxygen atoms in total. The number of nitrogen functional groups attached to an aromatic ring is 1. The number of aromatic nitrogens is 1. The number of nitrogens with one attached hydrogen (secondary N) is 1. The van der Waals surface area contributed by atoms with Gasteiger partial charge in [-0.05, 0) is 35.7 Å². The lowest BCUT2D eigenvalue weighted by Gasteiger charge is -2.07. The van der Waals surface area contributed by atoms with E-state index in [1.807, 2.05) is 12.1 Å². The van der Waals surface area contributed by atoms with E-state index >= 15 is 0 Å². The molecule has 0 unspecified atom stereocenters. The van der Waals surface area contributed by atoms with Crippen LogP contribution < -0.4 is 15.8 Å². The summed E-state index contributed by atoms with van der Waals surface area (Å²) in [6.45, 7) is 4.31. The molecule has 3 rings (SSSR count). The Kier molecular flexibility index (Phi) is 5.23. The highest BCUT2D eigenvalue weighted by Gasteiger charge is 2.18. The van der Waals surface area contributed by atoms with Crippen LogP contribution in [0.25, 0.3) is 0 Å². The van der Waals surface area contributed by atoms with E-state index < -0.39 is 0 Å². The van der Waals surface area contributed by atoms with Crippen LogP contribution in [0.1, 0.15) is 40.6 Å². The van der Waals surface area contributed by atoms with Crippen LogP contribution in [-0.2, 0) is 0 Å². The molecule has 134 valence electrons. The smallest absolute Gasteiger partial charge is 0.206 e. The lowest BCUT2D eigenvalue weighted by Crippen LogP contribution is -2.02. The molecule has 26 heavy (non-hydrogen) atoms. The monoisotopic (exact) mass is 367 g/mol. The Hall–Kier alpha value is -2.86. The maximum Gasteiger partial charge on any atom is 0.206 e. The fourth-order valence-electron chi connectivity index (χ4n) is 2.52. The van der Waals surface area contributed by atoms with E-state index in [0.29, 0.717) is 27.2 Å². The largest absolute Gasteiger partial charge is 0.497 e. The molecular formula is C20H21N3O2S. The number of anilines is 3. The number of hydrogen-bond acceptors (Lipinski definition) is 6. The van der Waals surface area contributed by atoms with Gasteiger partial charge in [0.1, 0.15) is 16.4 Å². The summed E-state index contributed by atoms with van der Waals surface area (Å²) in [5, 5.41) is 3.80. The van der Waals surface area contributed by atoms with Gasteiger partial charge in [0.15, 0.2) is 5.13 Å². The number of carbonyl (C=O) groups is 1. The predicted octanol–water partition coefficient (Wildman–Crippen LogP) is 4.83. The van der Waals surface area contributed by atoms with Crippen LogP contribution in [0.4, 0.5) is 16.6 Å². The van der Waals surface area contributed by atoms with Crippen LogP contribution in [-0.4, -0.2) is 17.9 Å². The van der Waals surface area contributed by atoms with Crippen LogP contribution >= 0.6 is 11.3 Å². The number of nitrogens with two attached hydrogens (primary N) is 1. The molecule has 0 fully saturated rings. The fourth-order valence-corrected chi connectivity index (χ4v) is 3.39. The highest BCUT2D eigenvalue weighted by molar-refractivity contribution is 7.18. The van der Waals surface area contributed by atoms with Crippen LogP contribution in [0.15, 0.2) is 48.5 Å². The molecule has 0 aliphatic rings. The Morgan fingerprint density at radius 2 is 1.92 bits per heavy atom. The minimum Gasteiger partial charge on any atom is -0.497 e. The average Bonchev–Trinajstić information content (AvgIpc) is 3.01. The van der Waals surface area contributed by atoms with Gasteiger partial charge >= 0.3 is 0 Å². The first-order chi connectivity index (χ1) is 12.5. The number of ether oxygens (including phenoxy) is 1. The van der Waals surface area contributed by atoms with Gasteiger partial charge in [-0.1, -0.05) is 49.4 Å². The van der Waals surface area contributed by atoms with Gasteiger partial charge in [-0.15, -0.1) is 0 Å². The number of hydrogen-bond donors (Lipinski definition) is 2. The lowest BCUT2D eigenvalue weighted by atomic mass is 10.0. The quantitative estimate of drug-likeness (QED) is 0.610. The zero-order valence-electron chi connectivity index (χ0n) is 14.9. The van der Waals surface area contributed by atoms with Gasteiger partial charge < -0.3 is 15.8 Å². The van der Waals surface area contributed by atoms with Crippen molar-refractivity contribution in [1.29, 1.82) is 0 Å². The number of nitrogens with zero attached hydrogens (tertiary/aromatic N) is 1. The molecule has 0 saturated heterocycles. The second-order valence-electron chi connectivity index (χ2n) is 6.20. The standard InChI is InChI=1S/C20H21N3O2S/c1-12(2)13-7-9-15(10-8-13)22-20-23-19(21)18(26-20)17(24)14-5-4-6-16(11-14)25-3/h4-12H,21H2,1-3H3,(H,22,23). The number of thiazole rings is 1. The first kappa shape index (κ1) is 17.9. The summed E-state index contributed by atoms with van der Waals surface area (Å²) in [4.78, 5) is 17.4. The van der Waals surface area contributed by atoms with Crippen molar-refractivity contribution in [1.82, 2.24) is 4.98 Å². The van der Waals surface area contributed by atoms with Gasteiger partial charge in [-0.25, -0.2) is 4.98 Å². The SMILES string of the molecule is COc1cccc(C(=O)c2sc(Nc3ccc(C(C)C)cc3)nc2N)c1. The molecule has 0 saturated carbocycles. The third kappa shape index (κ3) is 3.86. The fraction of sp³-hybridized carbons (Fsp3) is 0.200. The molecular weight excluding hydrogens is 346 g/mol. The second kappa shape index (κ2) is 7.58. The van der Waals surface area contributed by atoms with Gasteiger partial charge in [0.05, 0.1) is 7.11 Å². The molecule has 0 atom stereocenters. The van der Waals surface area contributed by atoms with Gasteiger partial charge in [0, 0.05) is 11.3 Å². The highest BCUT2D eigenvalue weighted by atomic mass is 32.1. The Morgan fingerprint density at radius 3 is 2.58 bits per heavy atom. The maximum absolute atomic E-state index is 12.7. The minimum atomic E-state index is -0.165. The van der Waals surface area contributed by atoms with E-state index in [2.05, 4.69) is 36.3 Å². The first-order valence-corrected chi connectivity index (χ1v) is 9.11. The van der Waals surface area contributed by atoms with Crippen molar-refractivity contribution < 1.29 is 9.53 Å². The van der Waals surface area contributed by atoms with Crippen LogP contribution in [0.3, 0.4) is 0 Å². The molecule has 1 aromatic heterocycles. The van der Waals surface area contributed by atoms with Gasteiger partial charge in [0.25, 0.3) is 0 Å². The Bertz CT molecular complexity index is 917. The van der Waals surface area contributed by atoms with E-state index in [-0.39, 0.29) is 11.6 Å². The van der Waals surface area contributed by atoms with Gasteiger partial charge in [0.2, 0.25) is 5.78 Å². The summed E-state index contributed by atoms with van der Waals surface area (Å²) in [5.41, 5.74) is 8.67. The molecule has 0 aliphatic carbocycles. The Morgan fingerprint density at radius 1 is 1.19 bits per heavy atom. The van der Waals surface area contributed by atoms with Crippen LogP contribution in [0.2, 0.25) is 0 Å². The molecule has 2 aromatic carbocycles. The predicted molar refractivity (Wildman–Crippen MR) is 107 cm³/mol. The molecule has 0 radical (unpaired) electrons. The van der Waals surface area contributed by atoms with E-state index in [1.54, 1.807) is 31.4 Å². The molecule has 0 aliphatic heterocycles. The topological polar surface area (TPSA) is 77.2 Å². The van der Waals surface area contributed by atoms with Crippen molar-refractivity contribution in [3.63, 3.8) is 0 Å². The third-order valence-corrected chi connectivity index (χ3v) is 5.01. The molecule has 3 aromatic rings. The van der Waals surface area contributed by atoms with E-state index in [9.17, 15) is 4.79 Å². The summed E-state index contributed by atoms with van der Waals surface area (Å²) < 4.78 is 5.17. The second-order valence-corrected chi connectivity index (χ2v) is 7.20. The molecule has 0 spiro atoms.